The summed E-state index contributed by atoms with van der Waals surface area (Å²) in [6.45, 7) is 2.36. The molecule has 1 atom stereocenters. The van der Waals surface area contributed by atoms with Gasteiger partial charge in [0.05, 0.1) is 5.69 Å². The lowest BCUT2D eigenvalue weighted by Gasteiger charge is -2.03. The molecule has 1 fully saturated rings. The first-order valence-corrected chi connectivity index (χ1v) is 5.23. The third-order valence-corrected chi connectivity index (χ3v) is 3.04. The average molecular weight is 197 g/mol. The van der Waals surface area contributed by atoms with Crippen LogP contribution < -0.4 is 0 Å². The Morgan fingerprint density at radius 2 is 2.62 bits per heavy atom. The van der Waals surface area contributed by atoms with Crippen LogP contribution >= 0.6 is 11.3 Å². The lowest BCUT2D eigenvalue weighted by Crippen LogP contribution is -1.97. The van der Waals surface area contributed by atoms with Crippen molar-refractivity contribution >= 4 is 17.1 Å². The monoisotopic (exact) mass is 197 g/mol. The number of ether oxygens (including phenoxy) is 1. The highest BCUT2D eigenvalue weighted by atomic mass is 32.1. The number of hydrogen-bond donors (Lipinski definition) is 0. The summed E-state index contributed by atoms with van der Waals surface area (Å²) in [5.74, 6) is 0.0363. The molecule has 1 aromatic heterocycles. The smallest absolute Gasteiger partial charge is 0.188 e. The van der Waals surface area contributed by atoms with Gasteiger partial charge in [-0.25, -0.2) is 4.98 Å². The number of carbonyl (C=O) groups excluding carboxylic acids is 1. The van der Waals surface area contributed by atoms with Gasteiger partial charge in [0.1, 0.15) is 6.10 Å². The molecular weight excluding hydrogens is 186 g/mol. The Morgan fingerprint density at radius 1 is 1.77 bits per heavy atom. The maximum atomic E-state index is 11.0. The van der Waals surface area contributed by atoms with Crippen molar-refractivity contribution in [1.82, 2.24) is 4.98 Å². The summed E-state index contributed by atoms with van der Waals surface area (Å²) >= 11 is 1.40. The first-order chi connectivity index (χ1) is 6.27. The minimum atomic E-state index is 0.0363. The Morgan fingerprint density at radius 3 is 3.15 bits per heavy atom. The maximum Gasteiger partial charge on any atom is 0.188 e. The third-order valence-electron chi connectivity index (χ3n) is 2.08. The van der Waals surface area contributed by atoms with Gasteiger partial charge < -0.3 is 4.74 Å². The van der Waals surface area contributed by atoms with Crippen molar-refractivity contribution in [2.24, 2.45) is 0 Å². The molecular formula is C9H11NO2S. The summed E-state index contributed by atoms with van der Waals surface area (Å²) in [5.41, 5.74) is 0.924. The normalized spacial score (nSPS) is 22.1. The number of nitrogens with zero attached hydrogens (tertiary/aromatic N) is 1. The van der Waals surface area contributed by atoms with E-state index in [1.165, 1.54) is 18.3 Å². The van der Waals surface area contributed by atoms with E-state index in [0.29, 0.717) is 5.01 Å². The van der Waals surface area contributed by atoms with Crippen LogP contribution in [0.4, 0.5) is 0 Å². The molecule has 0 radical (unpaired) electrons. The molecule has 0 N–H and O–H groups in total. The summed E-state index contributed by atoms with van der Waals surface area (Å²) in [7, 11) is 0. The van der Waals surface area contributed by atoms with Crippen LogP contribution in [0.25, 0.3) is 0 Å². The molecule has 1 unspecified atom stereocenters. The van der Waals surface area contributed by atoms with Crippen LogP contribution in [0, 0.1) is 0 Å². The van der Waals surface area contributed by atoms with E-state index in [1.54, 1.807) is 0 Å². The molecule has 1 aromatic rings. The highest BCUT2D eigenvalue weighted by molar-refractivity contribution is 7.11. The first-order valence-electron chi connectivity index (χ1n) is 4.35. The fourth-order valence-corrected chi connectivity index (χ4v) is 2.17. The van der Waals surface area contributed by atoms with Crippen LogP contribution in [0.15, 0.2) is 5.38 Å². The third kappa shape index (κ3) is 1.78. The van der Waals surface area contributed by atoms with Gasteiger partial charge in [0.15, 0.2) is 10.8 Å². The Bertz CT molecular complexity index is 315. The predicted octanol–water partition coefficient (Wildman–Crippen LogP) is 2.20. The molecule has 2 rings (SSSR count). The molecule has 1 aliphatic rings. The molecule has 1 aliphatic heterocycles. The molecule has 0 bridgehead atoms. The van der Waals surface area contributed by atoms with Gasteiger partial charge in [-0.2, -0.15) is 0 Å². The largest absolute Gasteiger partial charge is 0.372 e. The molecule has 3 nitrogen and oxygen atoms in total. The highest BCUT2D eigenvalue weighted by Gasteiger charge is 2.20. The average Bonchev–Trinajstić information content (AvgIpc) is 2.75. The van der Waals surface area contributed by atoms with Crippen LogP contribution in [-0.2, 0) is 4.74 Å². The minimum absolute atomic E-state index is 0.0363. The van der Waals surface area contributed by atoms with Crippen molar-refractivity contribution < 1.29 is 9.53 Å². The lowest BCUT2D eigenvalue weighted by atomic mass is 10.2. The summed E-state index contributed by atoms with van der Waals surface area (Å²) < 4.78 is 5.46. The van der Waals surface area contributed by atoms with E-state index in [1.807, 2.05) is 5.38 Å². The molecule has 0 amide bonds. The van der Waals surface area contributed by atoms with E-state index < -0.39 is 0 Å². The number of carbonyl (C=O) groups is 1. The molecule has 0 saturated carbocycles. The van der Waals surface area contributed by atoms with Gasteiger partial charge in [0, 0.05) is 18.9 Å². The zero-order chi connectivity index (χ0) is 9.26. The van der Waals surface area contributed by atoms with Crippen molar-refractivity contribution in [2.45, 2.75) is 25.9 Å². The SMILES string of the molecule is CC(=O)c1nc(C2CCCO2)cs1. The second-order valence-electron chi connectivity index (χ2n) is 3.14. The minimum Gasteiger partial charge on any atom is -0.372 e. The molecule has 13 heavy (non-hydrogen) atoms. The van der Waals surface area contributed by atoms with Gasteiger partial charge in [-0.3, -0.25) is 4.79 Å². The number of ketones is 1. The predicted molar refractivity (Wildman–Crippen MR) is 50.0 cm³/mol. The summed E-state index contributed by atoms with van der Waals surface area (Å²) in [6.07, 6.45) is 2.25. The Hall–Kier alpha value is -0.740. The van der Waals surface area contributed by atoms with Gasteiger partial charge >= 0.3 is 0 Å². The van der Waals surface area contributed by atoms with Crippen LogP contribution in [0.5, 0.6) is 0 Å². The molecule has 4 heteroatoms. The van der Waals surface area contributed by atoms with Crippen molar-refractivity contribution in [2.75, 3.05) is 6.61 Å². The number of Topliss-reactive ketones (excluding diaryl/α,β-unsaturated/α-hetero) is 1. The second-order valence-corrected chi connectivity index (χ2v) is 3.99. The second kappa shape index (κ2) is 3.55. The number of rotatable bonds is 2. The van der Waals surface area contributed by atoms with Crippen molar-refractivity contribution in [3.8, 4) is 0 Å². The quantitative estimate of drug-likeness (QED) is 0.682. The number of hydrogen-bond acceptors (Lipinski definition) is 4. The summed E-state index contributed by atoms with van der Waals surface area (Å²) in [5, 5.41) is 2.51. The molecule has 0 spiro atoms. The lowest BCUT2D eigenvalue weighted by molar-refractivity contribution is 0.101. The first kappa shape index (κ1) is 8.84. The molecule has 70 valence electrons. The molecule has 0 aliphatic carbocycles. The maximum absolute atomic E-state index is 11.0. The van der Waals surface area contributed by atoms with Gasteiger partial charge in [-0.1, -0.05) is 0 Å². The van der Waals surface area contributed by atoms with E-state index in [0.717, 1.165) is 25.1 Å². The van der Waals surface area contributed by atoms with Gasteiger partial charge in [-0.05, 0) is 12.8 Å². The fourth-order valence-electron chi connectivity index (χ4n) is 1.41. The summed E-state index contributed by atoms with van der Waals surface area (Å²) in [6, 6.07) is 0. The molecule has 0 aromatic carbocycles. The van der Waals surface area contributed by atoms with Gasteiger partial charge in [-0.15, -0.1) is 11.3 Å². The van der Waals surface area contributed by atoms with Crippen LogP contribution in [-0.4, -0.2) is 17.4 Å². The van der Waals surface area contributed by atoms with Gasteiger partial charge in [0.2, 0.25) is 0 Å². The van der Waals surface area contributed by atoms with Gasteiger partial charge in [0.25, 0.3) is 0 Å². The number of aromatic nitrogens is 1. The standard InChI is InChI=1S/C9H11NO2S/c1-6(11)9-10-7(5-13-9)8-3-2-4-12-8/h5,8H,2-4H2,1H3. The topological polar surface area (TPSA) is 39.2 Å². The van der Waals surface area contributed by atoms with E-state index in [-0.39, 0.29) is 11.9 Å². The van der Waals surface area contributed by atoms with E-state index in [9.17, 15) is 4.79 Å². The van der Waals surface area contributed by atoms with Crippen LogP contribution in [0.3, 0.4) is 0 Å². The van der Waals surface area contributed by atoms with Crippen molar-refractivity contribution in [1.29, 1.82) is 0 Å². The van der Waals surface area contributed by atoms with E-state index in [4.69, 9.17) is 4.74 Å². The summed E-state index contributed by atoms with van der Waals surface area (Å²) in [4.78, 5) is 15.2. The van der Waals surface area contributed by atoms with Crippen molar-refractivity contribution in [3.05, 3.63) is 16.1 Å². The Balaban J connectivity index is 2.16. The Kier molecular flexibility index (Phi) is 2.42. The Labute approximate surface area is 80.8 Å². The van der Waals surface area contributed by atoms with E-state index >= 15 is 0 Å². The molecule has 2 heterocycles. The number of thiazole rings is 1. The highest BCUT2D eigenvalue weighted by Crippen LogP contribution is 2.29. The zero-order valence-corrected chi connectivity index (χ0v) is 8.26. The zero-order valence-electron chi connectivity index (χ0n) is 7.45. The van der Waals surface area contributed by atoms with Crippen LogP contribution in [0.2, 0.25) is 0 Å². The van der Waals surface area contributed by atoms with E-state index in [2.05, 4.69) is 4.98 Å². The fraction of sp³-hybridized carbons (Fsp3) is 0.556. The molecule has 1 saturated heterocycles. The van der Waals surface area contributed by atoms with Crippen LogP contribution in [0.1, 0.15) is 41.4 Å². The van der Waals surface area contributed by atoms with Crippen molar-refractivity contribution in [3.63, 3.8) is 0 Å².